The predicted molar refractivity (Wildman–Crippen MR) is 106 cm³/mol. The van der Waals surface area contributed by atoms with Gasteiger partial charge < -0.3 is 33.2 Å². The number of carbonyl (C=O) groups is 7. The number of ether oxygens (including phenoxy) is 7. The summed E-state index contributed by atoms with van der Waals surface area (Å²) >= 11 is 0. The summed E-state index contributed by atoms with van der Waals surface area (Å²) in [6.07, 6.45) is -9.15. The molecule has 0 spiro atoms. The Balaban J connectivity index is 6.76. The molecule has 0 rings (SSSR count). The SMILES string of the molecule is CC(=O)OC[C@@H](OC(C)=O)[C@@H](OC(C)=O)[C@H](OC(C)=O)[C@H](OC(C)=O)C(OC(C)=O)OC(C)=O. The van der Waals surface area contributed by atoms with Crippen LogP contribution >= 0.6 is 0 Å². The lowest BCUT2D eigenvalue weighted by Gasteiger charge is -2.37. The second-order valence-corrected chi connectivity index (χ2v) is 6.76. The van der Waals surface area contributed by atoms with E-state index in [2.05, 4.69) is 0 Å². The van der Waals surface area contributed by atoms with Crippen molar-refractivity contribution >= 4 is 41.8 Å². The molecular weight excluding hydrogens is 464 g/mol. The summed E-state index contributed by atoms with van der Waals surface area (Å²) in [6, 6.07) is 0. The molecule has 0 bridgehead atoms. The molecule has 0 fully saturated rings. The fraction of sp³-hybridized carbons (Fsp3) is 0.650. The van der Waals surface area contributed by atoms with Crippen molar-refractivity contribution in [3.05, 3.63) is 0 Å². The summed E-state index contributed by atoms with van der Waals surface area (Å²) < 4.78 is 35.2. The molecule has 0 heterocycles. The highest BCUT2D eigenvalue weighted by Gasteiger charge is 2.49. The third-order valence-corrected chi connectivity index (χ3v) is 3.52. The van der Waals surface area contributed by atoms with Gasteiger partial charge in [0.15, 0.2) is 18.3 Å². The van der Waals surface area contributed by atoms with Gasteiger partial charge in [0.1, 0.15) is 6.61 Å². The van der Waals surface area contributed by atoms with Crippen molar-refractivity contribution in [2.75, 3.05) is 6.61 Å². The molecule has 0 aliphatic rings. The van der Waals surface area contributed by atoms with Crippen LogP contribution in [0.1, 0.15) is 48.5 Å². The zero-order chi connectivity index (χ0) is 26.6. The Morgan fingerprint density at radius 2 is 0.794 bits per heavy atom. The molecule has 0 aromatic heterocycles. The summed E-state index contributed by atoms with van der Waals surface area (Å²) in [4.78, 5) is 81.8. The summed E-state index contributed by atoms with van der Waals surface area (Å²) in [7, 11) is 0. The molecule has 0 aromatic carbocycles. The van der Waals surface area contributed by atoms with Crippen LogP contribution in [0.5, 0.6) is 0 Å². The van der Waals surface area contributed by atoms with Crippen LogP contribution in [0.3, 0.4) is 0 Å². The van der Waals surface area contributed by atoms with Crippen molar-refractivity contribution in [3.63, 3.8) is 0 Å². The van der Waals surface area contributed by atoms with E-state index in [1.54, 1.807) is 0 Å². The molecular formula is C20H28O14. The van der Waals surface area contributed by atoms with Crippen molar-refractivity contribution in [3.8, 4) is 0 Å². The maximum Gasteiger partial charge on any atom is 0.305 e. The average Bonchev–Trinajstić information content (AvgIpc) is 2.64. The molecule has 34 heavy (non-hydrogen) atoms. The molecule has 14 nitrogen and oxygen atoms in total. The van der Waals surface area contributed by atoms with E-state index >= 15 is 0 Å². The van der Waals surface area contributed by atoms with Crippen molar-refractivity contribution in [1.82, 2.24) is 0 Å². The molecule has 14 heteroatoms. The standard InChI is InChI=1S/C20H28O14/c1-9(21)28-8-16(29-10(2)22)17(30-11(3)23)18(31-12(4)24)19(32-13(5)25)20(33-14(6)26)34-15(7)27/h16-20H,8H2,1-7H3/t16-,17-,18+,19+/m1/s1. The van der Waals surface area contributed by atoms with Gasteiger partial charge in [-0.25, -0.2) is 0 Å². The lowest BCUT2D eigenvalue weighted by molar-refractivity contribution is -0.243. The smallest absolute Gasteiger partial charge is 0.305 e. The van der Waals surface area contributed by atoms with Gasteiger partial charge in [0, 0.05) is 48.5 Å². The molecule has 0 aromatic rings. The summed E-state index contributed by atoms with van der Waals surface area (Å²) in [6.45, 7) is 6.13. The van der Waals surface area contributed by atoms with Gasteiger partial charge in [-0.15, -0.1) is 0 Å². The topological polar surface area (TPSA) is 184 Å². The highest BCUT2D eigenvalue weighted by molar-refractivity contribution is 5.70. The monoisotopic (exact) mass is 492 g/mol. The molecule has 0 saturated heterocycles. The number of carbonyl (C=O) groups excluding carboxylic acids is 7. The highest BCUT2D eigenvalue weighted by Crippen LogP contribution is 2.24. The quantitative estimate of drug-likeness (QED) is 0.197. The van der Waals surface area contributed by atoms with Crippen LogP contribution in [-0.4, -0.2) is 79.1 Å². The molecule has 4 atom stereocenters. The number of rotatable bonds is 12. The van der Waals surface area contributed by atoms with Crippen molar-refractivity contribution < 1.29 is 66.7 Å². The van der Waals surface area contributed by atoms with Crippen molar-refractivity contribution in [2.45, 2.75) is 79.2 Å². The van der Waals surface area contributed by atoms with E-state index in [0.29, 0.717) is 0 Å². The molecule has 0 saturated carbocycles. The van der Waals surface area contributed by atoms with Crippen molar-refractivity contribution in [1.29, 1.82) is 0 Å². The molecule has 0 aliphatic heterocycles. The highest BCUT2D eigenvalue weighted by atomic mass is 16.7. The van der Waals surface area contributed by atoms with Gasteiger partial charge in [-0.05, 0) is 0 Å². The minimum atomic E-state index is -1.98. The zero-order valence-corrected chi connectivity index (χ0v) is 19.8. The number of hydrogen-bond donors (Lipinski definition) is 0. The summed E-state index contributed by atoms with van der Waals surface area (Å²) in [5.74, 6) is -6.64. The van der Waals surface area contributed by atoms with E-state index < -0.39 is 79.1 Å². The fourth-order valence-corrected chi connectivity index (χ4v) is 2.62. The van der Waals surface area contributed by atoms with E-state index in [4.69, 9.17) is 33.2 Å². The first kappa shape index (κ1) is 30.3. The summed E-state index contributed by atoms with van der Waals surface area (Å²) in [5.41, 5.74) is 0. The Morgan fingerprint density at radius 3 is 1.15 bits per heavy atom. The van der Waals surface area contributed by atoms with E-state index in [9.17, 15) is 33.6 Å². The minimum absolute atomic E-state index is 0.677. The van der Waals surface area contributed by atoms with Gasteiger partial charge in [0.25, 0.3) is 6.29 Å². The largest absolute Gasteiger partial charge is 0.462 e. The van der Waals surface area contributed by atoms with Gasteiger partial charge >= 0.3 is 41.8 Å². The second-order valence-electron chi connectivity index (χ2n) is 6.76. The van der Waals surface area contributed by atoms with Gasteiger partial charge in [-0.2, -0.15) is 0 Å². The Hall–Kier alpha value is -3.71. The lowest BCUT2D eigenvalue weighted by Crippen LogP contribution is -2.57. The molecule has 0 radical (unpaired) electrons. The average molecular weight is 492 g/mol. The van der Waals surface area contributed by atoms with Gasteiger partial charge in [0.05, 0.1) is 0 Å². The van der Waals surface area contributed by atoms with Crippen LogP contribution in [0, 0.1) is 0 Å². The van der Waals surface area contributed by atoms with Crippen LogP contribution in [0.4, 0.5) is 0 Å². The maximum absolute atomic E-state index is 11.9. The number of esters is 7. The lowest BCUT2D eigenvalue weighted by atomic mass is 10.0. The van der Waals surface area contributed by atoms with Crippen molar-refractivity contribution in [2.24, 2.45) is 0 Å². The molecule has 192 valence electrons. The van der Waals surface area contributed by atoms with E-state index in [0.717, 1.165) is 48.5 Å². The number of hydrogen-bond acceptors (Lipinski definition) is 14. The van der Waals surface area contributed by atoms with Crippen LogP contribution in [-0.2, 0) is 66.7 Å². The Labute approximate surface area is 195 Å². The van der Waals surface area contributed by atoms with Gasteiger partial charge in [-0.3, -0.25) is 33.6 Å². The molecule has 0 amide bonds. The maximum atomic E-state index is 11.9. The zero-order valence-electron chi connectivity index (χ0n) is 19.8. The first-order valence-corrected chi connectivity index (χ1v) is 9.80. The fourth-order valence-electron chi connectivity index (χ4n) is 2.62. The second kappa shape index (κ2) is 14.4. The van der Waals surface area contributed by atoms with Crippen LogP contribution in [0.25, 0.3) is 0 Å². The van der Waals surface area contributed by atoms with Gasteiger partial charge in [-0.1, -0.05) is 0 Å². The first-order valence-electron chi connectivity index (χ1n) is 9.80. The predicted octanol–water partition coefficient (Wildman–Crippen LogP) is -0.271. The molecule has 0 aliphatic carbocycles. The van der Waals surface area contributed by atoms with Gasteiger partial charge in [0.2, 0.25) is 6.10 Å². The molecule has 0 N–H and O–H groups in total. The van der Waals surface area contributed by atoms with E-state index in [1.165, 1.54) is 0 Å². The van der Waals surface area contributed by atoms with Crippen LogP contribution < -0.4 is 0 Å². The Bertz CT molecular complexity index is 772. The molecule has 0 unspecified atom stereocenters. The van der Waals surface area contributed by atoms with E-state index in [1.807, 2.05) is 0 Å². The third-order valence-electron chi connectivity index (χ3n) is 3.52. The third kappa shape index (κ3) is 12.4. The minimum Gasteiger partial charge on any atom is -0.462 e. The van der Waals surface area contributed by atoms with Crippen LogP contribution in [0.15, 0.2) is 0 Å². The first-order chi connectivity index (χ1) is 15.6. The van der Waals surface area contributed by atoms with E-state index in [-0.39, 0.29) is 0 Å². The normalized spacial score (nSPS) is 13.9. The van der Waals surface area contributed by atoms with Crippen LogP contribution in [0.2, 0.25) is 0 Å². The summed E-state index contributed by atoms with van der Waals surface area (Å²) in [5, 5.41) is 0. The Morgan fingerprint density at radius 1 is 0.441 bits per heavy atom. The Kier molecular flexibility index (Phi) is 12.9.